The predicted molar refractivity (Wildman–Crippen MR) is 70.2 cm³/mol. The standard InChI is InChI=1S/C13H18O3S/c1-9(6-14)11-4-3-5-12(15-2)13(11)16-10-7-17-8-10/h3-5,9-10,14H,6-8H2,1-2H3. The molecule has 0 saturated carbocycles. The average Bonchev–Trinajstić information content (AvgIpc) is 2.32. The number of methoxy groups -OCH3 is 1. The molecule has 1 unspecified atom stereocenters. The lowest BCUT2D eigenvalue weighted by Gasteiger charge is -2.28. The van der Waals surface area contributed by atoms with Crippen molar-refractivity contribution in [1.82, 2.24) is 0 Å². The number of ether oxygens (including phenoxy) is 2. The molecule has 17 heavy (non-hydrogen) atoms. The monoisotopic (exact) mass is 254 g/mol. The van der Waals surface area contributed by atoms with Gasteiger partial charge in [0.1, 0.15) is 6.10 Å². The molecule has 0 amide bonds. The van der Waals surface area contributed by atoms with Crippen LogP contribution in [-0.2, 0) is 0 Å². The van der Waals surface area contributed by atoms with Crippen molar-refractivity contribution in [1.29, 1.82) is 0 Å². The van der Waals surface area contributed by atoms with E-state index in [-0.39, 0.29) is 18.6 Å². The van der Waals surface area contributed by atoms with Gasteiger partial charge < -0.3 is 14.6 Å². The Morgan fingerprint density at radius 3 is 2.76 bits per heavy atom. The van der Waals surface area contributed by atoms with E-state index in [1.165, 1.54) is 0 Å². The van der Waals surface area contributed by atoms with Crippen LogP contribution < -0.4 is 9.47 Å². The Balaban J connectivity index is 2.28. The Hall–Kier alpha value is -0.870. The van der Waals surface area contributed by atoms with Crippen LogP contribution in [0.3, 0.4) is 0 Å². The molecule has 0 bridgehead atoms. The third-order valence-corrected chi connectivity index (χ3v) is 4.14. The zero-order valence-electron chi connectivity index (χ0n) is 10.2. The van der Waals surface area contributed by atoms with Gasteiger partial charge in [0, 0.05) is 29.6 Å². The zero-order chi connectivity index (χ0) is 12.3. The summed E-state index contributed by atoms with van der Waals surface area (Å²) in [6, 6.07) is 5.82. The topological polar surface area (TPSA) is 38.7 Å². The molecule has 0 aromatic heterocycles. The first kappa shape index (κ1) is 12.6. The largest absolute Gasteiger partial charge is 0.493 e. The van der Waals surface area contributed by atoms with Gasteiger partial charge in [-0.05, 0) is 6.07 Å². The fraction of sp³-hybridized carbons (Fsp3) is 0.538. The normalized spacial score (nSPS) is 17.4. The summed E-state index contributed by atoms with van der Waals surface area (Å²) in [4.78, 5) is 0. The van der Waals surface area contributed by atoms with Crippen LogP contribution >= 0.6 is 11.8 Å². The van der Waals surface area contributed by atoms with E-state index < -0.39 is 0 Å². The van der Waals surface area contributed by atoms with Gasteiger partial charge in [0.05, 0.1) is 7.11 Å². The molecule has 1 aliphatic heterocycles. The van der Waals surface area contributed by atoms with Crippen LogP contribution in [0, 0.1) is 0 Å². The summed E-state index contributed by atoms with van der Waals surface area (Å²) in [7, 11) is 1.64. The molecule has 94 valence electrons. The maximum atomic E-state index is 9.28. The van der Waals surface area contributed by atoms with Gasteiger partial charge in [-0.1, -0.05) is 19.1 Å². The van der Waals surface area contributed by atoms with E-state index >= 15 is 0 Å². The number of hydrogen-bond acceptors (Lipinski definition) is 4. The second-order valence-corrected chi connectivity index (χ2v) is 5.31. The highest BCUT2D eigenvalue weighted by Gasteiger charge is 2.24. The van der Waals surface area contributed by atoms with Crippen LogP contribution in [0.4, 0.5) is 0 Å². The van der Waals surface area contributed by atoms with Gasteiger partial charge in [-0.25, -0.2) is 0 Å². The first-order valence-corrected chi connectivity index (χ1v) is 6.94. The number of rotatable bonds is 5. The number of aliphatic hydroxyl groups excluding tert-OH is 1. The van der Waals surface area contributed by atoms with Gasteiger partial charge in [-0.3, -0.25) is 0 Å². The second-order valence-electron chi connectivity index (χ2n) is 4.24. The third kappa shape index (κ3) is 2.69. The fourth-order valence-corrected chi connectivity index (χ4v) is 2.32. The summed E-state index contributed by atoms with van der Waals surface area (Å²) < 4.78 is 11.3. The van der Waals surface area contributed by atoms with Crippen LogP contribution in [0.2, 0.25) is 0 Å². The van der Waals surface area contributed by atoms with Crippen LogP contribution in [0.1, 0.15) is 18.4 Å². The maximum Gasteiger partial charge on any atom is 0.165 e. The molecule has 1 heterocycles. The number of benzene rings is 1. The summed E-state index contributed by atoms with van der Waals surface area (Å²) in [5, 5.41) is 9.28. The van der Waals surface area contributed by atoms with Crippen molar-refractivity contribution in [2.24, 2.45) is 0 Å². The highest BCUT2D eigenvalue weighted by Crippen LogP contribution is 2.38. The van der Waals surface area contributed by atoms with E-state index in [1.807, 2.05) is 36.9 Å². The summed E-state index contributed by atoms with van der Waals surface area (Å²) in [6.07, 6.45) is 0.279. The highest BCUT2D eigenvalue weighted by atomic mass is 32.2. The molecule has 0 radical (unpaired) electrons. The van der Waals surface area contributed by atoms with Crippen molar-refractivity contribution in [3.05, 3.63) is 23.8 Å². The van der Waals surface area contributed by atoms with Crippen molar-refractivity contribution >= 4 is 11.8 Å². The molecule has 2 rings (SSSR count). The van der Waals surface area contributed by atoms with Crippen molar-refractivity contribution in [3.8, 4) is 11.5 Å². The first-order chi connectivity index (χ1) is 8.26. The molecule has 4 heteroatoms. The van der Waals surface area contributed by atoms with Gasteiger partial charge in [0.2, 0.25) is 0 Å². The molecule has 3 nitrogen and oxygen atoms in total. The Labute approximate surface area is 106 Å². The summed E-state index contributed by atoms with van der Waals surface area (Å²) in [6.45, 7) is 2.10. The molecule has 1 N–H and O–H groups in total. The van der Waals surface area contributed by atoms with Crippen molar-refractivity contribution < 1.29 is 14.6 Å². The molecule has 1 aliphatic rings. The molecule has 0 aliphatic carbocycles. The molecule has 1 saturated heterocycles. The number of aliphatic hydroxyl groups is 1. The Kier molecular flexibility index (Phi) is 4.18. The lowest BCUT2D eigenvalue weighted by atomic mass is 10.0. The Bertz CT molecular complexity index is 377. The van der Waals surface area contributed by atoms with Gasteiger partial charge in [-0.15, -0.1) is 0 Å². The molecular weight excluding hydrogens is 236 g/mol. The van der Waals surface area contributed by atoms with Crippen molar-refractivity contribution in [2.75, 3.05) is 25.2 Å². The van der Waals surface area contributed by atoms with Crippen molar-refractivity contribution in [2.45, 2.75) is 18.9 Å². The number of para-hydroxylation sites is 1. The molecule has 1 aromatic rings. The lowest BCUT2D eigenvalue weighted by molar-refractivity contribution is 0.219. The quantitative estimate of drug-likeness (QED) is 0.875. The average molecular weight is 254 g/mol. The zero-order valence-corrected chi connectivity index (χ0v) is 11.0. The van der Waals surface area contributed by atoms with E-state index in [0.717, 1.165) is 28.6 Å². The Morgan fingerprint density at radius 1 is 1.47 bits per heavy atom. The van der Waals surface area contributed by atoms with Gasteiger partial charge in [0.25, 0.3) is 0 Å². The lowest BCUT2D eigenvalue weighted by Crippen LogP contribution is -2.31. The van der Waals surface area contributed by atoms with Crippen molar-refractivity contribution in [3.63, 3.8) is 0 Å². The van der Waals surface area contributed by atoms with Crippen LogP contribution in [0.25, 0.3) is 0 Å². The molecule has 0 spiro atoms. The van der Waals surface area contributed by atoms with E-state index in [4.69, 9.17) is 9.47 Å². The summed E-state index contributed by atoms with van der Waals surface area (Å²) in [5.74, 6) is 3.67. The van der Waals surface area contributed by atoms with Crippen LogP contribution in [-0.4, -0.2) is 36.4 Å². The fourth-order valence-electron chi connectivity index (χ4n) is 1.75. The number of thioether (sulfide) groups is 1. The third-order valence-electron chi connectivity index (χ3n) is 2.93. The summed E-state index contributed by atoms with van der Waals surface area (Å²) in [5.41, 5.74) is 1.02. The molecule has 1 fully saturated rings. The maximum absolute atomic E-state index is 9.28. The SMILES string of the molecule is COc1cccc(C(C)CO)c1OC1CSC1. The van der Waals surface area contributed by atoms with Crippen LogP contribution in [0.5, 0.6) is 11.5 Å². The van der Waals surface area contributed by atoms with Gasteiger partial charge >= 0.3 is 0 Å². The minimum absolute atomic E-state index is 0.0628. The molecule has 1 atom stereocenters. The molecular formula is C13H18O3S. The predicted octanol–water partition coefficient (Wildman–Crippen LogP) is 2.29. The Morgan fingerprint density at radius 2 is 2.24 bits per heavy atom. The summed E-state index contributed by atoms with van der Waals surface area (Å²) >= 11 is 1.88. The smallest absolute Gasteiger partial charge is 0.165 e. The first-order valence-electron chi connectivity index (χ1n) is 5.78. The highest BCUT2D eigenvalue weighted by molar-refractivity contribution is 8.00. The van der Waals surface area contributed by atoms with E-state index in [9.17, 15) is 5.11 Å². The van der Waals surface area contributed by atoms with E-state index in [1.54, 1.807) is 7.11 Å². The van der Waals surface area contributed by atoms with Gasteiger partial charge in [-0.2, -0.15) is 11.8 Å². The van der Waals surface area contributed by atoms with E-state index in [2.05, 4.69) is 0 Å². The molecule has 1 aromatic carbocycles. The second kappa shape index (κ2) is 5.65. The van der Waals surface area contributed by atoms with Gasteiger partial charge in [0.15, 0.2) is 11.5 Å². The van der Waals surface area contributed by atoms with E-state index in [0.29, 0.717) is 0 Å². The van der Waals surface area contributed by atoms with Crippen LogP contribution in [0.15, 0.2) is 18.2 Å². The minimum atomic E-state index is 0.0628. The minimum Gasteiger partial charge on any atom is -0.493 e. The number of hydrogen-bond donors (Lipinski definition) is 1.